The van der Waals surface area contributed by atoms with E-state index in [1.165, 1.54) is 11.8 Å². The van der Waals surface area contributed by atoms with Crippen LogP contribution in [0.1, 0.15) is 0 Å². The Bertz CT molecular complexity index is 1050. The first-order chi connectivity index (χ1) is 12.2. The number of hydrogen-bond donors (Lipinski definition) is 2. The lowest BCUT2D eigenvalue weighted by molar-refractivity contribution is 0.420. The summed E-state index contributed by atoms with van der Waals surface area (Å²) < 4.78 is 5.91. The fourth-order valence-corrected chi connectivity index (χ4v) is 2.99. The van der Waals surface area contributed by atoms with Crippen LogP contribution in [0.4, 0.5) is 0 Å². The summed E-state index contributed by atoms with van der Waals surface area (Å²) in [6.07, 6.45) is 1.78. The van der Waals surface area contributed by atoms with Crippen molar-refractivity contribution in [3.8, 4) is 22.9 Å². The summed E-state index contributed by atoms with van der Waals surface area (Å²) >= 11 is 1.32. The molecule has 124 valence electrons. The van der Waals surface area contributed by atoms with Crippen molar-refractivity contribution in [1.82, 2.24) is 20.2 Å². The molecule has 3 heterocycles. The highest BCUT2D eigenvalue weighted by atomic mass is 32.2. The maximum atomic E-state index is 9.14. The Balaban J connectivity index is 1.60. The van der Waals surface area contributed by atoms with Gasteiger partial charge in [-0.15, -0.1) is 10.2 Å². The maximum Gasteiger partial charge on any atom is 0.197 e. The fourth-order valence-electron chi connectivity index (χ4n) is 2.42. The number of thioether (sulfide) groups is 1. The van der Waals surface area contributed by atoms with Crippen molar-refractivity contribution in [3.05, 3.63) is 61.0 Å². The standard InChI is InChI=1S/C18H14N4O2S/c1-11(23)10-25-18-20-17(21-22-18)16-7-6-15(24-16)13-4-5-14-12(9-13)3-2-8-19-14/h2-9,23H,1,10H2,(H,20,21,22). The van der Waals surface area contributed by atoms with Gasteiger partial charge in [0.1, 0.15) is 5.76 Å². The normalized spacial score (nSPS) is 11.0. The van der Waals surface area contributed by atoms with Gasteiger partial charge in [-0.25, -0.2) is 0 Å². The van der Waals surface area contributed by atoms with Crippen LogP contribution in [-0.2, 0) is 0 Å². The molecule has 6 nitrogen and oxygen atoms in total. The minimum absolute atomic E-state index is 0.0917. The summed E-state index contributed by atoms with van der Waals surface area (Å²) in [6, 6.07) is 13.7. The van der Waals surface area contributed by atoms with Crippen molar-refractivity contribution in [2.24, 2.45) is 0 Å². The number of rotatable bonds is 5. The Hall–Kier alpha value is -3.06. The number of furan rings is 1. The molecule has 2 N–H and O–H groups in total. The number of pyridine rings is 1. The molecule has 0 aliphatic rings. The van der Waals surface area contributed by atoms with E-state index in [-0.39, 0.29) is 5.76 Å². The van der Waals surface area contributed by atoms with Crippen LogP contribution in [0.2, 0.25) is 0 Å². The van der Waals surface area contributed by atoms with Crippen molar-refractivity contribution in [3.63, 3.8) is 0 Å². The molecule has 4 aromatic rings. The molecule has 7 heteroatoms. The van der Waals surface area contributed by atoms with E-state index >= 15 is 0 Å². The summed E-state index contributed by atoms with van der Waals surface area (Å²) in [5.41, 5.74) is 1.91. The maximum absolute atomic E-state index is 9.14. The number of aliphatic hydroxyl groups is 1. The minimum Gasteiger partial charge on any atom is -0.512 e. The van der Waals surface area contributed by atoms with Crippen molar-refractivity contribution in [1.29, 1.82) is 0 Å². The first kappa shape index (κ1) is 15.5. The first-order valence-electron chi connectivity index (χ1n) is 7.56. The first-order valence-corrected chi connectivity index (χ1v) is 8.55. The zero-order valence-corrected chi connectivity index (χ0v) is 14.0. The lowest BCUT2D eigenvalue weighted by Crippen LogP contribution is -1.83. The van der Waals surface area contributed by atoms with Gasteiger partial charge in [0, 0.05) is 17.1 Å². The van der Waals surface area contributed by atoms with E-state index in [2.05, 4.69) is 26.7 Å². The molecule has 0 aliphatic carbocycles. The molecule has 0 unspecified atom stereocenters. The Morgan fingerprint density at radius 3 is 2.92 bits per heavy atom. The van der Waals surface area contributed by atoms with Crippen LogP contribution in [0.25, 0.3) is 33.8 Å². The van der Waals surface area contributed by atoms with Gasteiger partial charge >= 0.3 is 0 Å². The fraction of sp³-hybridized carbons (Fsp3) is 0.0556. The third kappa shape index (κ3) is 3.27. The Kier molecular flexibility index (Phi) is 3.99. The molecule has 0 saturated carbocycles. The molecule has 0 radical (unpaired) electrons. The lowest BCUT2D eigenvalue weighted by atomic mass is 10.1. The highest BCUT2D eigenvalue weighted by Gasteiger charge is 2.12. The van der Waals surface area contributed by atoms with Crippen LogP contribution in [0.5, 0.6) is 0 Å². The van der Waals surface area contributed by atoms with Crippen LogP contribution in [0.15, 0.2) is 70.6 Å². The van der Waals surface area contributed by atoms with Gasteiger partial charge in [-0.05, 0) is 36.4 Å². The molecule has 0 spiro atoms. The quantitative estimate of drug-likeness (QED) is 0.408. The Labute approximate surface area is 147 Å². The molecule has 0 bridgehead atoms. The highest BCUT2D eigenvalue weighted by molar-refractivity contribution is 7.99. The number of nitrogens with zero attached hydrogens (tertiary/aromatic N) is 3. The van der Waals surface area contributed by atoms with Gasteiger partial charge in [-0.3, -0.25) is 4.98 Å². The van der Waals surface area contributed by atoms with Crippen LogP contribution >= 0.6 is 11.8 Å². The predicted molar refractivity (Wildman–Crippen MR) is 97.3 cm³/mol. The molecule has 0 amide bonds. The zero-order valence-electron chi connectivity index (χ0n) is 13.1. The van der Waals surface area contributed by atoms with E-state index in [1.54, 1.807) is 6.20 Å². The summed E-state index contributed by atoms with van der Waals surface area (Å²) in [5, 5.41) is 18.9. The van der Waals surface area contributed by atoms with Gasteiger partial charge in [-0.1, -0.05) is 24.4 Å². The second-order valence-electron chi connectivity index (χ2n) is 5.41. The zero-order chi connectivity index (χ0) is 17.2. The molecule has 0 saturated heterocycles. The van der Waals surface area contributed by atoms with Gasteiger partial charge < -0.3 is 14.5 Å². The van der Waals surface area contributed by atoms with E-state index in [1.807, 2.05) is 42.5 Å². The van der Waals surface area contributed by atoms with Crippen molar-refractivity contribution in [2.45, 2.75) is 5.16 Å². The largest absolute Gasteiger partial charge is 0.512 e. The Morgan fingerprint density at radius 1 is 1.16 bits per heavy atom. The molecular weight excluding hydrogens is 336 g/mol. The van der Waals surface area contributed by atoms with Crippen molar-refractivity contribution in [2.75, 3.05) is 5.75 Å². The summed E-state index contributed by atoms with van der Waals surface area (Å²) in [5.74, 6) is 2.34. The molecule has 0 fully saturated rings. The van der Waals surface area contributed by atoms with E-state index in [0.29, 0.717) is 22.5 Å². The smallest absolute Gasteiger partial charge is 0.197 e. The number of aromatic amines is 1. The summed E-state index contributed by atoms with van der Waals surface area (Å²) in [6.45, 7) is 3.44. The summed E-state index contributed by atoms with van der Waals surface area (Å²) in [7, 11) is 0. The number of nitrogens with one attached hydrogen (secondary N) is 1. The number of fused-ring (bicyclic) bond motifs is 1. The van der Waals surface area contributed by atoms with E-state index in [4.69, 9.17) is 9.52 Å². The molecule has 4 rings (SSSR count). The molecule has 1 aromatic carbocycles. The van der Waals surface area contributed by atoms with E-state index in [0.717, 1.165) is 22.2 Å². The summed E-state index contributed by atoms with van der Waals surface area (Å²) in [4.78, 5) is 7.39. The lowest BCUT2D eigenvalue weighted by Gasteiger charge is -2.00. The Morgan fingerprint density at radius 2 is 2.04 bits per heavy atom. The highest BCUT2D eigenvalue weighted by Crippen LogP contribution is 2.29. The minimum atomic E-state index is 0.0917. The van der Waals surface area contributed by atoms with Crippen LogP contribution in [0, 0.1) is 0 Å². The van der Waals surface area contributed by atoms with E-state index in [9.17, 15) is 0 Å². The topological polar surface area (TPSA) is 87.8 Å². The molecular formula is C18H14N4O2S. The van der Waals surface area contributed by atoms with Gasteiger partial charge in [0.25, 0.3) is 0 Å². The second kappa shape index (κ2) is 6.45. The van der Waals surface area contributed by atoms with Crippen molar-refractivity contribution < 1.29 is 9.52 Å². The van der Waals surface area contributed by atoms with Crippen LogP contribution in [0.3, 0.4) is 0 Å². The number of hydrogen-bond acceptors (Lipinski definition) is 6. The average molecular weight is 350 g/mol. The molecule has 25 heavy (non-hydrogen) atoms. The average Bonchev–Trinajstić information content (AvgIpc) is 3.29. The van der Waals surface area contributed by atoms with Crippen LogP contribution < -0.4 is 0 Å². The number of aliphatic hydroxyl groups excluding tert-OH is 1. The van der Waals surface area contributed by atoms with Crippen molar-refractivity contribution >= 4 is 22.7 Å². The molecule has 0 aliphatic heterocycles. The number of aromatic nitrogens is 4. The van der Waals surface area contributed by atoms with E-state index < -0.39 is 0 Å². The van der Waals surface area contributed by atoms with Gasteiger partial charge in [0.05, 0.1) is 17.0 Å². The predicted octanol–water partition coefficient (Wildman–Crippen LogP) is 4.44. The SMILES string of the molecule is C=C(O)CSc1nnc(-c2ccc(-c3ccc4ncccc4c3)o2)[nH]1. The second-order valence-corrected chi connectivity index (χ2v) is 6.37. The third-order valence-corrected chi connectivity index (χ3v) is 4.50. The molecule has 0 atom stereocenters. The molecule has 3 aromatic heterocycles. The number of H-pyrrole nitrogens is 1. The van der Waals surface area contributed by atoms with Gasteiger partial charge in [-0.2, -0.15) is 0 Å². The van der Waals surface area contributed by atoms with Crippen LogP contribution in [-0.4, -0.2) is 31.0 Å². The third-order valence-electron chi connectivity index (χ3n) is 3.57. The van der Waals surface area contributed by atoms with Gasteiger partial charge in [0.2, 0.25) is 0 Å². The number of benzene rings is 1. The monoisotopic (exact) mass is 350 g/mol. The van der Waals surface area contributed by atoms with Gasteiger partial charge in [0.15, 0.2) is 16.7 Å².